The van der Waals surface area contributed by atoms with Gasteiger partial charge in [-0.25, -0.2) is 4.68 Å². The zero-order chi connectivity index (χ0) is 23.1. The molecule has 0 bridgehead atoms. The Hall–Kier alpha value is -4.14. The van der Waals surface area contributed by atoms with Gasteiger partial charge in [0.25, 0.3) is 11.8 Å². The maximum atomic E-state index is 12.3. The number of benzene rings is 2. The van der Waals surface area contributed by atoms with Gasteiger partial charge in [-0.2, -0.15) is 5.10 Å². The number of aromatic nitrogens is 2. The molecular weight excluding hydrogens is 412 g/mol. The predicted octanol–water partition coefficient (Wildman–Crippen LogP) is 2.41. The number of carbonyl (C=O) groups excluding carboxylic acids is 3. The Morgan fingerprint density at radius 3 is 2.50 bits per heavy atom. The quantitative estimate of drug-likeness (QED) is 0.525. The molecule has 9 nitrogen and oxygen atoms in total. The van der Waals surface area contributed by atoms with Gasteiger partial charge >= 0.3 is 5.97 Å². The van der Waals surface area contributed by atoms with E-state index in [4.69, 9.17) is 9.47 Å². The first-order chi connectivity index (χ1) is 15.4. The highest BCUT2D eigenvalue weighted by Crippen LogP contribution is 2.22. The van der Waals surface area contributed by atoms with Crippen LogP contribution in [0.3, 0.4) is 0 Å². The number of hydrogen-bond acceptors (Lipinski definition) is 6. The number of rotatable bonds is 8. The van der Waals surface area contributed by atoms with Crippen LogP contribution < -0.4 is 15.4 Å². The van der Waals surface area contributed by atoms with Crippen molar-refractivity contribution in [2.45, 2.75) is 13.8 Å². The number of anilines is 1. The molecule has 0 atom stereocenters. The summed E-state index contributed by atoms with van der Waals surface area (Å²) in [6.45, 7) is 2.77. The van der Waals surface area contributed by atoms with E-state index in [0.717, 1.165) is 11.4 Å². The smallest absolute Gasteiger partial charge is 0.325 e. The summed E-state index contributed by atoms with van der Waals surface area (Å²) in [5.74, 6) is -1.16. The maximum Gasteiger partial charge on any atom is 0.325 e. The van der Waals surface area contributed by atoms with Crippen molar-refractivity contribution in [1.82, 2.24) is 15.1 Å². The molecule has 2 amide bonds. The van der Waals surface area contributed by atoms with Crippen molar-refractivity contribution in [3.05, 3.63) is 71.5 Å². The molecular formula is C23H24N4O5. The van der Waals surface area contributed by atoms with Gasteiger partial charge in [-0.15, -0.1) is 0 Å². The number of hydrogen-bond donors (Lipinski definition) is 2. The molecule has 166 valence electrons. The number of nitrogens with one attached hydrogen (secondary N) is 2. The van der Waals surface area contributed by atoms with Gasteiger partial charge in [-0.1, -0.05) is 24.3 Å². The summed E-state index contributed by atoms with van der Waals surface area (Å²) in [5.41, 5.74) is 3.15. The fourth-order valence-corrected chi connectivity index (χ4v) is 3.04. The minimum Gasteiger partial charge on any atom is -0.497 e. The van der Waals surface area contributed by atoms with Crippen molar-refractivity contribution in [1.29, 1.82) is 0 Å². The summed E-state index contributed by atoms with van der Waals surface area (Å²) in [6.07, 6.45) is 0. The molecule has 0 aliphatic heterocycles. The monoisotopic (exact) mass is 436 g/mol. The third kappa shape index (κ3) is 5.51. The van der Waals surface area contributed by atoms with Crippen LogP contribution in [0.4, 0.5) is 5.69 Å². The van der Waals surface area contributed by atoms with E-state index < -0.39 is 24.4 Å². The number of ether oxygens (including phenoxy) is 2. The minimum absolute atomic E-state index is 0.344. The van der Waals surface area contributed by atoms with Crippen LogP contribution in [-0.2, 0) is 14.3 Å². The summed E-state index contributed by atoms with van der Waals surface area (Å²) >= 11 is 0. The van der Waals surface area contributed by atoms with Gasteiger partial charge in [-0.05, 0) is 44.2 Å². The van der Waals surface area contributed by atoms with E-state index >= 15 is 0 Å². The molecule has 0 saturated carbocycles. The van der Waals surface area contributed by atoms with Crippen LogP contribution >= 0.6 is 0 Å². The van der Waals surface area contributed by atoms with E-state index in [2.05, 4.69) is 15.7 Å². The highest BCUT2D eigenvalue weighted by atomic mass is 16.5. The van der Waals surface area contributed by atoms with Gasteiger partial charge in [0, 0.05) is 5.56 Å². The number of esters is 1. The van der Waals surface area contributed by atoms with Crippen LogP contribution in [0.5, 0.6) is 5.75 Å². The lowest BCUT2D eigenvalue weighted by Gasteiger charge is -2.09. The third-order valence-electron chi connectivity index (χ3n) is 4.65. The van der Waals surface area contributed by atoms with Gasteiger partial charge < -0.3 is 20.1 Å². The van der Waals surface area contributed by atoms with Gasteiger partial charge in [0.1, 0.15) is 12.3 Å². The number of amides is 2. The van der Waals surface area contributed by atoms with Gasteiger partial charge in [0.05, 0.1) is 29.9 Å². The van der Waals surface area contributed by atoms with E-state index in [1.54, 1.807) is 35.9 Å². The average molecular weight is 436 g/mol. The topological polar surface area (TPSA) is 112 Å². The number of methoxy groups -OCH3 is 1. The summed E-state index contributed by atoms with van der Waals surface area (Å²) in [5, 5.41) is 9.63. The predicted molar refractivity (Wildman–Crippen MR) is 118 cm³/mol. The van der Waals surface area contributed by atoms with Crippen LogP contribution in [0.1, 0.15) is 21.7 Å². The molecule has 0 aliphatic rings. The highest BCUT2D eigenvalue weighted by Gasteiger charge is 2.17. The second-order valence-electron chi connectivity index (χ2n) is 6.92. The van der Waals surface area contributed by atoms with E-state index in [0.29, 0.717) is 22.7 Å². The largest absolute Gasteiger partial charge is 0.497 e. The Bertz CT molecular complexity index is 1120. The van der Waals surface area contributed by atoms with Crippen molar-refractivity contribution in [3.8, 4) is 11.4 Å². The first kappa shape index (κ1) is 22.5. The van der Waals surface area contributed by atoms with Crippen LogP contribution in [-0.4, -0.2) is 47.8 Å². The molecule has 0 fully saturated rings. The second-order valence-corrected chi connectivity index (χ2v) is 6.92. The Labute approximate surface area is 185 Å². The number of nitrogens with zero attached hydrogens (tertiary/aromatic N) is 2. The fraction of sp³-hybridized carbons (Fsp3) is 0.217. The van der Waals surface area contributed by atoms with E-state index in [1.165, 1.54) is 7.11 Å². The molecule has 0 aliphatic carbocycles. The van der Waals surface area contributed by atoms with Gasteiger partial charge in [0.15, 0.2) is 6.61 Å². The number of aryl methyl sites for hydroxylation is 1. The lowest BCUT2D eigenvalue weighted by Crippen LogP contribution is -2.32. The molecule has 2 N–H and O–H groups in total. The molecule has 0 saturated heterocycles. The highest BCUT2D eigenvalue weighted by molar-refractivity contribution is 5.97. The minimum atomic E-state index is -0.732. The lowest BCUT2D eigenvalue weighted by atomic mass is 10.2. The van der Waals surface area contributed by atoms with Crippen LogP contribution in [0.2, 0.25) is 0 Å². The molecule has 32 heavy (non-hydrogen) atoms. The summed E-state index contributed by atoms with van der Waals surface area (Å²) < 4.78 is 11.8. The van der Waals surface area contributed by atoms with Crippen molar-refractivity contribution in [2.75, 3.05) is 25.6 Å². The molecule has 2 aromatic carbocycles. The third-order valence-corrected chi connectivity index (χ3v) is 4.65. The van der Waals surface area contributed by atoms with Gasteiger partial charge in [0.2, 0.25) is 0 Å². The Morgan fingerprint density at radius 1 is 1.03 bits per heavy atom. The summed E-state index contributed by atoms with van der Waals surface area (Å²) in [7, 11) is 1.50. The maximum absolute atomic E-state index is 12.3. The molecule has 9 heteroatoms. The Balaban J connectivity index is 1.50. The summed E-state index contributed by atoms with van der Waals surface area (Å²) in [4.78, 5) is 36.3. The standard InChI is InChI=1S/C23H24N4O5/c1-15-22(16(2)27(26-15)18-9-5-4-6-10-18)25-20(28)14-32-21(29)13-24-23(30)17-8-7-11-19(12-17)31-3/h4-12H,13-14H2,1-3H3,(H,24,30)(H,25,28). The molecule has 0 unspecified atom stereocenters. The molecule has 1 heterocycles. The van der Waals surface area contributed by atoms with Crippen LogP contribution in [0.25, 0.3) is 5.69 Å². The zero-order valence-electron chi connectivity index (χ0n) is 18.0. The van der Waals surface area contributed by atoms with Crippen molar-refractivity contribution in [2.24, 2.45) is 0 Å². The molecule has 3 rings (SSSR count). The van der Waals surface area contributed by atoms with Crippen LogP contribution in [0, 0.1) is 13.8 Å². The number of para-hydroxylation sites is 1. The first-order valence-corrected chi connectivity index (χ1v) is 9.88. The molecule has 3 aromatic rings. The molecule has 0 spiro atoms. The molecule has 1 aromatic heterocycles. The lowest BCUT2D eigenvalue weighted by molar-refractivity contribution is -0.146. The van der Waals surface area contributed by atoms with E-state index in [-0.39, 0.29) is 6.54 Å². The van der Waals surface area contributed by atoms with E-state index in [1.807, 2.05) is 37.3 Å². The SMILES string of the molecule is COc1cccc(C(=O)NCC(=O)OCC(=O)Nc2c(C)nn(-c3ccccc3)c2C)c1. The molecule has 0 radical (unpaired) electrons. The number of carbonyl (C=O) groups is 3. The normalized spacial score (nSPS) is 10.3. The average Bonchev–Trinajstić information content (AvgIpc) is 3.10. The van der Waals surface area contributed by atoms with Crippen molar-refractivity contribution < 1.29 is 23.9 Å². The fourth-order valence-electron chi connectivity index (χ4n) is 3.04. The van der Waals surface area contributed by atoms with E-state index in [9.17, 15) is 14.4 Å². The first-order valence-electron chi connectivity index (χ1n) is 9.88. The zero-order valence-corrected chi connectivity index (χ0v) is 18.0. The van der Waals surface area contributed by atoms with Crippen LogP contribution in [0.15, 0.2) is 54.6 Å². The van der Waals surface area contributed by atoms with Crippen molar-refractivity contribution >= 4 is 23.5 Å². The second kappa shape index (κ2) is 10.3. The summed E-state index contributed by atoms with van der Waals surface area (Å²) in [6, 6.07) is 16.0. The van der Waals surface area contributed by atoms with Gasteiger partial charge in [-0.3, -0.25) is 14.4 Å². The Morgan fingerprint density at radius 2 is 1.78 bits per heavy atom. The Kier molecular flexibility index (Phi) is 7.22. The van der Waals surface area contributed by atoms with Crippen molar-refractivity contribution in [3.63, 3.8) is 0 Å².